The zero-order valence-corrected chi connectivity index (χ0v) is 15.7. The first-order valence-electron chi connectivity index (χ1n) is 9.53. The number of ether oxygens (including phenoxy) is 2. The highest BCUT2D eigenvalue weighted by molar-refractivity contribution is 6.25. The van der Waals surface area contributed by atoms with Gasteiger partial charge in [0.05, 0.1) is 37.6 Å². The van der Waals surface area contributed by atoms with E-state index >= 15 is 0 Å². The Kier molecular flexibility index (Phi) is 6.96. The summed E-state index contributed by atoms with van der Waals surface area (Å²) in [5.74, 6) is -1.12. The number of nitrogens with one attached hydrogen (secondary N) is 2. The molecular formula is C19H26N4O5. The monoisotopic (exact) mass is 390 g/mol. The van der Waals surface area contributed by atoms with E-state index in [0.29, 0.717) is 69.3 Å². The Morgan fingerprint density at radius 3 is 2.64 bits per heavy atom. The Bertz CT molecular complexity index is 739. The minimum absolute atomic E-state index is 0.277. The first-order chi connectivity index (χ1) is 13.6. The molecule has 0 saturated carbocycles. The Labute approximate surface area is 163 Å². The summed E-state index contributed by atoms with van der Waals surface area (Å²) in [7, 11) is 0. The lowest BCUT2D eigenvalue weighted by atomic mass is 10.1. The van der Waals surface area contributed by atoms with Crippen LogP contribution >= 0.6 is 0 Å². The summed E-state index contributed by atoms with van der Waals surface area (Å²) in [6.45, 7) is 3.38. The van der Waals surface area contributed by atoms with Crippen molar-refractivity contribution in [3.8, 4) is 0 Å². The van der Waals surface area contributed by atoms with Crippen LogP contribution in [0.2, 0.25) is 0 Å². The van der Waals surface area contributed by atoms with Crippen LogP contribution in [0, 0.1) is 0 Å². The van der Waals surface area contributed by atoms with Crippen LogP contribution in [0.5, 0.6) is 0 Å². The summed E-state index contributed by atoms with van der Waals surface area (Å²) < 4.78 is 10.7. The van der Waals surface area contributed by atoms with Crippen LogP contribution in [0.15, 0.2) is 18.2 Å². The van der Waals surface area contributed by atoms with Gasteiger partial charge >= 0.3 is 0 Å². The van der Waals surface area contributed by atoms with Gasteiger partial charge in [-0.05, 0) is 25.0 Å². The van der Waals surface area contributed by atoms with Gasteiger partial charge in [0, 0.05) is 25.3 Å². The molecular weight excluding hydrogens is 364 g/mol. The van der Waals surface area contributed by atoms with E-state index in [9.17, 15) is 14.4 Å². The van der Waals surface area contributed by atoms with Gasteiger partial charge in [0.15, 0.2) is 0 Å². The van der Waals surface area contributed by atoms with Crippen LogP contribution in [0.4, 0.5) is 5.69 Å². The molecule has 0 bridgehead atoms. The van der Waals surface area contributed by atoms with Crippen LogP contribution in [0.1, 0.15) is 33.6 Å². The molecule has 0 spiro atoms. The first kappa shape index (κ1) is 20.2. The van der Waals surface area contributed by atoms with Crippen molar-refractivity contribution in [1.29, 1.82) is 0 Å². The fraction of sp³-hybridized carbons (Fsp3) is 0.526. The average molecular weight is 390 g/mol. The first-order valence-corrected chi connectivity index (χ1v) is 9.53. The molecule has 3 amide bonds. The van der Waals surface area contributed by atoms with Gasteiger partial charge in [-0.15, -0.1) is 0 Å². The van der Waals surface area contributed by atoms with Gasteiger partial charge in [-0.25, -0.2) is 0 Å². The van der Waals surface area contributed by atoms with E-state index in [1.54, 1.807) is 18.2 Å². The van der Waals surface area contributed by atoms with E-state index in [1.807, 2.05) is 0 Å². The summed E-state index contributed by atoms with van der Waals surface area (Å²) in [5.41, 5.74) is 6.54. The molecule has 152 valence electrons. The molecule has 28 heavy (non-hydrogen) atoms. The Morgan fingerprint density at radius 2 is 1.89 bits per heavy atom. The highest BCUT2D eigenvalue weighted by Crippen LogP contribution is 2.32. The molecule has 1 aromatic rings. The number of nitrogens with zero attached hydrogens (tertiary/aromatic N) is 1. The standard InChI is InChI=1S/C19H26N4O5/c20-6-9-27-11-12-28-10-8-21-14-4-1-3-13-16(14)19(26)23(18(13)25)15-5-2-7-22-17(15)24/h1,3-4,15,21H,2,5-12,20H2,(H,22,24). The predicted molar refractivity (Wildman–Crippen MR) is 102 cm³/mol. The molecule has 0 radical (unpaired) electrons. The van der Waals surface area contributed by atoms with Crippen molar-refractivity contribution in [2.45, 2.75) is 18.9 Å². The summed E-state index contributed by atoms with van der Waals surface area (Å²) in [4.78, 5) is 38.9. The quantitative estimate of drug-likeness (QED) is 0.378. The van der Waals surface area contributed by atoms with Gasteiger partial charge in [-0.3, -0.25) is 19.3 Å². The highest BCUT2D eigenvalue weighted by Gasteiger charge is 2.44. The number of nitrogens with two attached hydrogens (primary N) is 1. The van der Waals surface area contributed by atoms with Crippen LogP contribution in [-0.4, -0.2) is 74.7 Å². The fourth-order valence-electron chi connectivity index (χ4n) is 3.40. The van der Waals surface area contributed by atoms with Crippen molar-refractivity contribution >= 4 is 23.4 Å². The van der Waals surface area contributed by atoms with Gasteiger partial charge in [-0.2, -0.15) is 0 Å². The van der Waals surface area contributed by atoms with Gasteiger partial charge in [0.1, 0.15) is 6.04 Å². The topological polar surface area (TPSA) is 123 Å². The second-order valence-electron chi connectivity index (χ2n) is 6.60. The molecule has 9 heteroatoms. The number of carbonyl (C=O) groups excluding carboxylic acids is 3. The van der Waals surface area contributed by atoms with Crippen LogP contribution in [-0.2, 0) is 14.3 Å². The van der Waals surface area contributed by atoms with E-state index in [1.165, 1.54) is 0 Å². The third-order valence-corrected chi connectivity index (χ3v) is 4.71. The lowest BCUT2D eigenvalue weighted by Gasteiger charge is -2.28. The number of imide groups is 1. The minimum Gasteiger partial charge on any atom is -0.382 e. The number of piperidine rings is 1. The van der Waals surface area contributed by atoms with Crippen molar-refractivity contribution in [2.24, 2.45) is 5.73 Å². The second kappa shape index (κ2) is 9.63. The average Bonchev–Trinajstić information content (AvgIpc) is 2.96. The van der Waals surface area contributed by atoms with Gasteiger partial charge in [0.25, 0.3) is 11.8 Å². The molecule has 1 atom stereocenters. The number of anilines is 1. The van der Waals surface area contributed by atoms with Crippen molar-refractivity contribution in [1.82, 2.24) is 10.2 Å². The number of hydrogen-bond donors (Lipinski definition) is 3. The maximum absolute atomic E-state index is 12.9. The lowest BCUT2D eigenvalue weighted by Crippen LogP contribution is -2.52. The molecule has 0 aromatic heterocycles. The summed E-state index contributed by atoms with van der Waals surface area (Å²) >= 11 is 0. The number of benzene rings is 1. The highest BCUT2D eigenvalue weighted by atomic mass is 16.5. The number of rotatable bonds is 10. The zero-order valence-electron chi connectivity index (χ0n) is 15.7. The van der Waals surface area contributed by atoms with Gasteiger partial charge < -0.3 is 25.8 Å². The maximum Gasteiger partial charge on any atom is 0.264 e. The van der Waals surface area contributed by atoms with Gasteiger partial charge in [0.2, 0.25) is 5.91 Å². The molecule has 1 fully saturated rings. The van der Waals surface area contributed by atoms with Crippen molar-refractivity contribution in [3.05, 3.63) is 29.3 Å². The SMILES string of the molecule is NCCOCCOCCNc1cccc2c1C(=O)N(C1CCCNC1=O)C2=O. The molecule has 2 aliphatic heterocycles. The van der Waals surface area contributed by atoms with Crippen LogP contribution < -0.4 is 16.4 Å². The molecule has 2 heterocycles. The minimum atomic E-state index is -0.745. The fourth-order valence-corrected chi connectivity index (χ4v) is 3.40. The van der Waals surface area contributed by atoms with E-state index in [4.69, 9.17) is 15.2 Å². The number of hydrogen-bond acceptors (Lipinski definition) is 7. The smallest absolute Gasteiger partial charge is 0.264 e. The normalized spacial score (nSPS) is 19.0. The van der Waals surface area contributed by atoms with E-state index in [0.717, 1.165) is 11.3 Å². The molecule has 4 N–H and O–H groups in total. The molecule has 1 aromatic carbocycles. The summed E-state index contributed by atoms with van der Waals surface area (Å²) in [6, 6.07) is 4.34. The van der Waals surface area contributed by atoms with E-state index < -0.39 is 17.9 Å². The van der Waals surface area contributed by atoms with Gasteiger partial charge in [-0.1, -0.05) is 6.07 Å². The van der Waals surface area contributed by atoms with Crippen LogP contribution in [0.25, 0.3) is 0 Å². The molecule has 2 aliphatic rings. The predicted octanol–water partition coefficient (Wildman–Crippen LogP) is -0.0350. The molecule has 1 saturated heterocycles. The van der Waals surface area contributed by atoms with Crippen molar-refractivity contribution in [3.63, 3.8) is 0 Å². The zero-order chi connectivity index (χ0) is 19.9. The lowest BCUT2D eigenvalue weighted by molar-refractivity contribution is -0.126. The Balaban J connectivity index is 1.60. The summed E-state index contributed by atoms with van der Waals surface area (Å²) in [5, 5.41) is 5.87. The molecule has 9 nitrogen and oxygen atoms in total. The Morgan fingerprint density at radius 1 is 1.11 bits per heavy atom. The van der Waals surface area contributed by atoms with Crippen molar-refractivity contribution < 1.29 is 23.9 Å². The van der Waals surface area contributed by atoms with E-state index in [2.05, 4.69) is 10.6 Å². The molecule has 0 aliphatic carbocycles. The van der Waals surface area contributed by atoms with Crippen LogP contribution in [0.3, 0.4) is 0 Å². The van der Waals surface area contributed by atoms with E-state index in [-0.39, 0.29) is 5.91 Å². The van der Waals surface area contributed by atoms with Crippen molar-refractivity contribution in [2.75, 3.05) is 51.4 Å². The summed E-state index contributed by atoms with van der Waals surface area (Å²) in [6.07, 6.45) is 1.22. The second-order valence-corrected chi connectivity index (χ2v) is 6.60. The third kappa shape index (κ3) is 4.32. The molecule has 3 rings (SSSR count). The number of amides is 3. The molecule has 1 unspecified atom stereocenters. The number of fused-ring (bicyclic) bond motifs is 1. The third-order valence-electron chi connectivity index (χ3n) is 4.71. The largest absolute Gasteiger partial charge is 0.382 e. The Hall–Kier alpha value is -2.49. The number of carbonyl (C=O) groups is 3. The maximum atomic E-state index is 12.9.